The number of ether oxygens (including phenoxy) is 2. The number of esters is 2. The predicted molar refractivity (Wildman–Crippen MR) is 236 cm³/mol. The third-order valence-electron chi connectivity index (χ3n) is 11.3. The number of amides is 2. The quantitative estimate of drug-likeness (QED) is 0.0991. The van der Waals surface area contributed by atoms with Gasteiger partial charge in [0.25, 0.3) is 0 Å². The maximum atomic E-state index is 13.1. The molecular weight excluding hydrogens is 915 g/mol. The van der Waals surface area contributed by atoms with Gasteiger partial charge in [-0.25, -0.2) is 35.9 Å². The molecule has 3 aliphatic carbocycles. The fourth-order valence-corrected chi connectivity index (χ4v) is 8.18. The molecule has 21 heteroatoms. The number of methoxy groups -OCH3 is 2. The molecule has 0 aromatic heterocycles. The number of carboxylic acids is 2. The monoisotopic (exact) mass is 977 g/mol. The zero-order valence-corrected chi connectivity index (χ0v) is 38.4. The molecular formula is C48H62F6LiN3O11. The first kappa shape index (κ1) is 63.6. The summed E-state index contributed by atoms with van der Waals surface area (Å²) >= 11 is 0. The van der Waals surface area contributed by atoms with Gasteiger partial charge in [-0.1, -0.05) is 65.2 Å². The second-order valence-corrected chi connectivity index (χ2v) is 16.6. The van der Waals surface area contributed by atoms with E-state index in [1.165, 1.54) is 20.6 Å². The molecule has 3 aromatic carbocycles. The van der Waals surface area contributed by atoms with Crippen molar-refractivity contribution in [2.75, 3.05) is 14.2 Å². The van der Waals surface area contributed by atoms with E-state index in [0.29, 0.717) is 31.7 Å². The molecule has 0 radical (unpaired) electrons. The first-order valence-corrected chi connectivity index (χ1v) is 21.5. The summed E-state index contributed by atoms with van der Waals surface area (Å²) in [5, 5.41) is 22.9. The Hall–Kier alpha value is -5.42. The number of nitrogens with one attached hydrogen (secondary N) is 2. The van der Waals surface area contributed by atoms with Crippen molar-refractivity contribution in [2.24, 2.45) is 5.73 Å². The number of hydrogen-bond acceptors (Lipinski definition) is 10. The molecule has 3 saturated carbocycles. The number of hydrogen-bond donors (Lipinski definition) is 5. The van der Waals surface area contributed by atoms with Crippen LogP contribution in [-0.4, -0.2) is 82.2 Å². The molecule has 0 heterocycles. The summed E-state index contributed by atoms with van der Waals surface area (Å²) in [6.45, 7) is 0. The smallest absolute Gasteiger partial charge is 0.870 e. The second kappa shape index (κ2) is 30.2. The van der Waals surface area contributed by atoms with E-state index in [4.69, 9.17) is 15.6 Å². The molecule has 3 aromatic rings. The molecule has 2 amide bonds. The minimum absolute atomic E-state index is 0. The Morgan fingerprint density at radius 2 is 0.797 bits per heavy atom. The van der Waals surface area contributed by atoms with Gasteiger partial charge in [0, 0.05) is 18.2 Å². The zero-order valence-electron chi connectivity index (χ0n) is 38.4. The molecule has 3 fully saturated rings. The third kappa shape index (κ3) is 21.0. The van der Waals surface area contributed by atoms with Gasteiger partial charge >= 0.3 is 42.7 Å². The minimum Gasteiger partial charge on any atom is -0.870 e. The van der Waals surface area contributed by atoms with Crippen LogP contribution in [0, 0.1) is 34.9 Å². The molecule has 7 N–H and O–H groups in total. The zero-order chi connectivity index (χ0) is 49.1. The average molecular weight is 978 g/mol. The van der Waals surface area contributed by atoms with Crippen molar-refractivity contribution in [2.45, 2.75) is 140 Å². The first-order valence-electron chi connectivity index (χ1n) is 21.5. The van der Waals surface area contributed by atoms with E-state index in [2.05, 4.69) is 15.4 Å². The molecule has 0 aliphatic heterocycles. The predicted octanol–water partition coefficient (Wildman–Crippen LogP) is 4.79. The van der Waals surface area contributed by atoms with Crippen LogP contribution >= 0.6 is 0 Å². The van der Waals surface area contributed by atoms with Crippen molar-refractivity contribution in [3.05, 3.63) is 106 Å². The first-order chi connectivity index (χ1) is 31.1. The Morgan fingerprint density at radius 3 is 1.10 bits per heavy atom. The van der Waals surface area contributed by atoms with Crippen molar-refractivity contribution in [1.29, 1.82) is 0 Å². The van der Waals surface area contributed by atoms with Crippen LogP contribution < -0.4 is 35.2 Å². The molecule has 0 saturated heterocycles. The molecule has 0 unspecified atom stereocenters. The van der Waals surface area contributed by atoms with Gasteiger partial charge in [-0.05, 0) is 91.6 Å². The summed E-state index contributed by atoms with van der Waals surface area (Å²) in [7, 11) is 2.68. The summed E-state index contributed by atoms with van der Waals surface area (Å²) in [6.07, 6.45) is 10.9. The third-order valence-corrected chi connectivity index (χ3v) is 11.3. The summed E-state index contributed by atoms with van der Waals surface area (Å²) in [5.74, 6) is -8.37. The maximum Gasteiger partial charge on any atom is 1.00 e. The average Bonchev–Trinajstić information content (AvgIpc) is 3.23. The van der Waals surface area contributed by atoms with E-state index < -0.39 is 81.2 Å². The fourth-order valence-electron chi connectivity index (χ4n) is 8.18. The van der Waals surface area contributed by atoms with Gasteiger partial charge in [0.1, 0.15) is 51.5 Å². The van der Waals surface area contributed by atoms with Crippen LogP contribution in [0.3, 0.4) is 0 Å². The van der Waals surface area contributed by atoms with E-state index in [0.717, 1.165) is 113 Å². The summed E-state index contributed by atoms with van der Waals surface area (Å²) < 4.78 is 86.8. The van der Waals surface area contributed by atoms with Gasteiger partial charge in [0.05, 0.1) is 33.5 Å². The molecule has 0 bridgehead atoms. The molecule has 6 rings (SSSR count). The molecule has 14 nitrogen and oxygen atoms in total. The Bertz CT molecular complexity index is 2110. The standard InChI is InChI=1S/C16H19F2NO3.C15H17F2NO3.C8H6F2O2.C8H15NO2.CH4.Li.H2O/c1-22-15(21)16(5-3-2-4-6-16)19-14(20)9-11-7-12(17)10-13(18)8-11;16-11-6-10(7-12(17)9-11)8-13(19)18-15(14(20)21)4-2-1-3-5-15;9-6-1-5(3-8(11)12)2-7(10)4-6;1-11-7(10)8(9)5-3-2-4-6-8;;;/h7-8,10H,2-6,9H2,1H3,(H,19,20);6-7,9H,1-5,8H2,(H,18,19)(H,20,21);1-2,4H,3H2,(H,11,12);2-6,9H2,1H3;1H4;;1H2/q;;;;;+1;/p-1. The van der Waals surface area contributed by atoms with Gasteiger partial charge in [-0.2, -0.15) is 0 Å². The van der Waals surface area contributed by atoms with Crippen LogP contribution in [0.25, 0.3) is 0 Å². The van der Waals surface area contributed by atoms with Gasteiger partial charge in [-0.15, -0.1) is 0 Å². The number of carbonyl (C=O) groups excluding carboxylic acids is 4. The van der Waals surface area contributed by atoms with E-state index >= 15 is 0 Å². The largest absolute Gasteiger partial charge is 1.00 e. The number of benzene rings is 3. The number of aliphatic carboxylic acids is 2. The van der Waals surface area contributed by atoms with Crippen molar-refractivity contribution < 1.29 is 99.1 Å². The van der Waals surface area contributed by atoms with E-state index in [1.807, 2.05) is 0 Å². The normalized spacial score (nSPS) is 16.0. The van der Waals surface area contributed by atoms with Gasteiger partial charge < -0.3 is 41.5 Å². The molecule has 3 aliphatic rings. The van der Waals surface area contributed by atoms with Crippen LogP contribution in [0.15, 0.2) is 54.6 Å². The van der Waals surface area contributed by atoms with Crippen LogP contribution in [0.1, 0.15) is 120 Å². The minimum atomic E-state index is -1.25. The summed E-state index contributed by atoms with van der Waals surface area (Å²) in [4.78, 5) is 68.9. The summed E-state index contributed by atoms with van der Waals surface area (Å²) in [5.41, 5.74) is 3.43. The Labute approximate surface area is 409 Å². The number of halogens is 6. The Morgan fingerprint density at radius 1 is 0.507 bits per heavy atom. The van der Waals surface area contributed by atoms with Gasteiger partial charge in [-0.3, -0.25) is 19.2 Å². The van der Waals surface area contributed by atoms with E-state index in [9.17, 15) is 60.2 Å². The Kier molecular flexibility index (Phi) is 27.9. The van der Waals surface area contributed by atoms with Crippen LogP contribution in [0.2, 0.25) is 0 Å². The van der Waals surface area contributed by atoms with E-state index in [-0.39, 0.29) is 73.7 Å². The van der Waals surface area contributed by atoms with Crippen molar-refractivity contribution in [3.8, 4) is 0 Å². The number of rotatable bonds is 11. The maximum absolute atomic E-state index is 13.1. The van der Waals surface area contributed by atoms with Crippen LogP contribution in [0.5, 0.6) is 0 Å². The molecule has 0 atom stereocenters. The molecule has 0 spiro atoms. The number of carbonyl (C=O) groups is 6. The fraction of sp³-hybridized carbons (Fsp3) is 0.500. The van der Waals surface area contributed by atoms with E-state index in [1.54, 1.807) is 0 Å². The molecule has 69 heavy (non-hydrogen) atoms. The number of nitrogens with two attached hydrogens (primary N) is 1. The van der Waals surface area contributed by atoms with Crippen LogP contribution in [-0.2, 0) is 57.5 Å². The number of carboxylic acid groups (broad SMARTS) is 2. The van der Waals surface area contributed by atoms with Crippen molar-refractivity contribution >= 4 is 35.7 Å². The topological polar surface area (TPSA) is 241 Å². The van der Waals surface area contributed by atoms with Crippen molar-refractivity contribution in [3.63, 3.8) is 0 Å². The molecule has 378 valence electrons. The summed E-state index contributed by atoms with van der Waals surface area (Å²) in [6, 6.07) is 8.51. The SMILES string of the molecule is C.COC(=O)C1(N)CCCCC1.COC(=O)C1(NC(=O)Cc2cc(F)cc(F)c2)CCCCC1.O=C(Cc1cc(F)cc(F)c1)NC1(C(=O)O)CCCCC1.O=C(O)Cc1cc(F)cc(F)c1.[Li+].[OH-]. The van der Waals surface area contributed by atoms with Crippen molar-refractivity contribution in [1.82, 2.24) is 10.6 Å². The van der Waals surface area contributed by atoms with Crippen LogP contribution in [0.4, 0.5) is 26.3 Å². The van der Waals surface area contributed by atoms with Gasteiger partial charge in [0.2, 0.25) is 11.8 Å². The van der Waals surface area contributed by atoms with Gasteiger partial charge in [0.15, 0.2) is 0 Å². The Balaban J connectivity index is 0.000000917. The second-order valence-electron chi connectivity index (χ2n) is 16.6.